The van der Waals surface area contributed by atoms with Crippen LogP contribution in [-0.4, -0.2) is 23.8 Å². The highest BCUT2D eigenvalue weighted by molar-refractivity contribution is 5.69. The Morgan fingerprint density at radius 2 is 1.96 bits per heavy atom. The van der Waals surface area contributed by atoms with Crippen LogP contribution in [0, 0.1) is 17.3 Å². The quantitative estimate of drug-likeness (QED) is 0.832. The SMILES string of the molecule is CC(C)(C)NC(=O)OC12CC3CC1CC(COCc1ccccc1)(C3)C2. The first-order valence-electron chi connectivity index (χ1n) is 9.91. The third-order valence-corrected chi connectivity index (χ3v) is 6.36. The first-order chi connectivity index (χ1) is 12.3. The molecule has 4 aliphatic carbocycles. The number of hydrogen-bond donors (Lipinski definition) is 1. The summed E-state index contributed by atoms with van der Waals surface area (Å²) in [6.45, 7) is 7.41. The van der Waals surface area contributed by atoms with Crippen LogP contribution in [0.5, 0.6) is 0 Å². The zero-order valence-corrected chi connectivity index (χ0v) is 16.2. The van der Waals surface area contributed by atoms with E-state index in [9.17, 15) is 4.79 Å². The average Bonchev–Trinajstić information content (AvgIpc) is 2.88. The minimum Gasteiger partial charge on any atom is -0.443 e. The molecule has 1 N–H and O–H groups in total. The zero-order chi connectivity index (χ0) is 18.4. The van der Waals surface area contributed by atoms with Crippen molar-refractivity contribution < 1.29 is 14.3 Å². The van der Waals surface area contributed by atoms with Gasteiger partial charge in [0.2, 0.25) is 0 Å². The summed E-state index contributed by atoms with van der Waals surface area (Å²) < 4.78 is 12.2. The number of amides is 1. The lowest BCUT2D eigenvalue weighted by Crippen LogP contribution is -2.47. The van der Waals surface area contributed by atoms with E-state index in [2.05, 4.69) is 29.6 Å². The predicted octanol–water partition coefficient (Wildman–Crippen LogP) is 4.68. The molecule has 1 aromatic rings. The van der Waals surface area contributed by atoms with Gasteiger partial charge in [0.05, 0.1) is 13.2 Å². The number of hydrogen-bond acceptors (Lipinski definition) is 3. The van der Waals surface area contributed by atoms with E-state index in [-0.39, 0.29) is 22.6 Å². The normalized spacial score (nSPS) is 34.9. The molecule has 4 aliphatic rings. The maximum Gasteiger partial charge on any atom is 0.408 e. The minimum absolute atomic E-state index is 0.197. The second-order valence-corrected chi connectivity index (χ2v) is 9.90. The molecule has 5 rings (SSSR count). The molecule has 0 heterocycles. The van der Waals surface area contributed by atoms with Crippen molar-refractivity contribution >= 4 is 6.09 Å². The number of alkyl carbamates (subject to hydrolysis) is 1. The summed E-state index contributed by atoms with van der Waals surface area (Å²) in [4.78, 5) is 12.4. The molecule has 4 saturated carbocycles. The topological polar surface area (TPSA) is 47.6 Å². The molecule has 0 saturated heterocycles. The van der Waals surface area contributed by atoms with Gasteiger partial charge in [-0.1, -0.05) is 30.3 Å². The molecule has 4 fully saturated rings. The largest absolute Gasteiger partial charge is 0.443 e. The number of nitrogens with one attached hydrogen (secondary N) is 1. The smallest absolute Gasteiger partial charge is 0.408 e. The van der Waals surface area contributed by atoms with Crippen LogP contribution in [-0.2, 0) is 16.1 Å². The molecule has 0 radical (unpaired) electrons. The maximum atomic E-state index is 12.4. The highest BCUT2D eigenvalue weighted by Crippen LogP contribution is 2.67. The van der Waals surface area contributed by atoms with Crippen LogP contribution < -0.4 is 5.32 Å². The first kappa shape index (κ1) is 17.8. The van der Waals surface area contributed by atoms with E-state index in [1.165, 1.54) is 18.4 Å². The van der Waals surface area contributed by atoms with Crippen molar-refractivity contribution in [3.05, 3.63) is 35.9 Å². The second-order valence-electron chi connectivity index (χ2n) is 9.90. The van der Waals surface area contributed by atoms with E-state index < -0.39 is 0 Å². The molecule has 4 heteroatoms. The second kappa shape index (κ2) is 6.26. The highest BCUT2D eigenvalue weighted by Gasteiger charge is 2.66. The molecular weight excluding hydrogens is 326 g/mol. The summed E-state index contributed by atoms with van der Waals surface area (Å²) in [6.07, 6.45) is 5.32. The summed E-state index contributed by atoms with van der Waals surface area (Å²) in [5.74, 6) is 1.19. The Morgan fingerprint density at radius 1 is 1.19 bits per heavy atom. The molecule has 4 unspecified atom stereocenters. The first-order valence-corrected chi connectivity index (χ1v) is 9.91. The van der Waals surface area contributed by atoms with Crippen molar-refractivity contribution in [2.75, 3.05) is 6.61 Å². The molecule has 1 aromatic carbocycles. The lowest BCUT2D eigenvalue weighted by molar-refractivity contribution is -0.0476. The van der Waals surface area contributed by atoms with E-state index in [1.807, 2.05) is 26.8 Å². The van der Waals surface area contributed by atoms with Crippen molar-refractivity contribution in [3.63, 3.8) is 0 Å². The Bertz CT molecular complexity index is 668. The van der Waals surface area contributed by atoms with Crippen molar-refractivity contribution in [1.82, 2.24) is 5.32 Å². The Morgan fingerprint density at radius 3 is 2.69 bits per heavy atom. The molecule has 0 aliphatic heterocycles. The Labute approximate surface area is 156 Å². The van der Waals surface area contributed by atoms with Gasteiger partial charge in [0.1, 0.15) is 5.60 Å². The molecule has 0 aromatic heterocycles. The summed E-state index contributed by atoms with van der Waals surface area (Å²) in [5, 5.41) is 2.97. The lowest BCUT2D eigenvalue weighted by Gasteiger charge is -2.40. The zero-order valence-electron chi connectivity index (χ0n) is 16.2. The number of benzene rings is 1. The standard InChI is InChI=1S/C22H31NO3/c1-20(2,3)23-19(24)26-22-11-17-9-18(22)12-21(10-17,14-22)15-25-13-16-7-5-4-6-8-16/h4-8,17-18H,9-15H2,1-3H3,(H,23,24). The van der Waals surface area contributed by atoms with E-state index >= 15 is 0 Å². The molecule has 4 nitrogen and oxygen atoms in total. The average molecular weight is 357 g/mol. The molecular formula is C22H31NO3. The van der Waals surface area contributed by atoms with Crippen LogP contribution in [0.25, 0.3) is 0 Å². The van der Waals surface area contributed by atoms with Gasteiger partial charge in [-0.2, -0.15) is 0 Å². The van der Waals surface area contributed by atoms with Crippen LogP contribution in [0.3, 0.4) is 0 Å². The van der Waals surface area contributed by atoms with Gasteiger partial charge in [0.15, 0.2) is 0 Å². The Hall–Kier alpha value is -1.55. The fourth-order valence-electron chi connectivity index (χ4n) is 5.80. The molecule has 4 bridgehead atoms. The van der Waals surface area contributed by atoms with Crippen LogP contribution in [0.4, 0.5) is 4.79 Å². The third-order valence-electron chi connectivity index (χ3n) is 6.36. The van der Waals surface area contributed by atoms with Crippen molar-refractivity contribution in [3.8, 4) is 0 Å². The molecule has 4 atom stereocenters. The van der Waals surface area contributed by atoms with E-state index in [4.69, 9.17) is 9.47 Å². The van der Waals surface area contributed by atoms with Gasteiger partial charge in [-0.25, -0.2) is 4.79 Å². The number of ether oxygens (including phenoxy) is 2. The minimum atomic E-state index is -0.264. The molecule has 142 valence electrons. The van der Waals surface area contributed by atoms with Crippen LogP contribution in [0.2, 0.25) is 0 Å². The van der Waals surface area contributed by atoms with E-state index in [1.54, 1.807) is 0 Å². The van der Waals surface area contributed by atoms with Gasteiger partial charge in [0, 0.05) is 5.54 Å². The van der Waals surface area contributed by atoms with Gasteiger partial charge >= 0.3 is 6.09 Å². The van der Waals surface area contributed by atoms with Gasteiger partial charge in [-0.05, 0) is 75.7 Å². The van der Waals surface area contributed by atoms with Crippen molar-refractivity contribution in [2.45, 2.75) is 70.6 Å². The molecule has 0 spiro atoms. The van der Waals surface area contributed by atoms with E-state index in [0.717, 1.165) is 25.9 Å². The fourth-order valence-corrected chi connectivity index (χ4v) is 5.80. The summed E-state index contributed by atoms with van der Waals surface area (Å²) >= 11 is 0. The monoisotopic (exact) mass is 357 g/mol. The summed E-state index contributed by atoms with van der Waals surface area (Å²) in [7, 11) is 0. The molecule has 26 heavy (non-hydrogen) atoms. The van der Waals surface area contributed by atoms with Crippen molar-refractivity contribution in [1.29, 1.82) is 0 Å². The molecule has 1 amide bonds. The Balaban J connectivity index is 1.39. The summed E-state index contributed by atoms with van der Waals surface area (Å²) in [5.41, 5.74) is 0.895. The number of rotatable bonds is 5. The Kier molecular flexibility index (Phi) is 4.30. The van der Waals surface area contributed by atoms with Gasteiger partial charge in [-0.15, -0.1) is 0 Å². The van der Waals surface area contributed by atoms with Gasteiger partial charge in [-0.3, -0.25) is 0 Å². The van der Waals surface area contributed by atoms with Gasteiger partial charge < -0.3 is 14.8 Å². The van der Waals surface area contributed by atoms with Crippen molar-refractivity contribution in [2.24, 2.45) is 17.3 Å². The fraction of sp³-hybridized carbons (Fsp3) is 0.682. The van der Waals surface area contributed by atoms with E-state index in [0.29, 0.717) is 18.4 Å². The predicted molar refractivity (Wildman–Crippen MR) is 101 cm³/mol. The summed E-state index contributed by atoms with van der Waals surface area (Å²) in [6, 6.07) is 10.3. The van der Waals surface area contributed by atoms with Gasteiger partial charge in [0.25, 0.3) is 0 Å². The number of carbonyl (C=O) groups excluding carboxylic acids is 1. The maximum absolute atomic E-state index is 12.4. The third kappa shape index (κ3) is 3.48. The lowest BCUT2D eigenvalue weighted by atomic mass is 9.69. The van der Waals surface area contributed by atoms with Crippen LogP contribution in [0.15, 0.2) is 30.3 Å². The van der Waals surface area contributed by atoms with Crippen LogP contribution >= 0.6 is 0 Å². The van der Waals surface area contributed by atoms with Crippen LogP contribution in [0.1, 0.15) is 58.4 Å². The highest BCUT2D eigenvalue weighted by atomic mass is 16.6. The number of carbonyl (C=O) groups is 1.